The van der Waals surface area contributed by atoms with Crippen molar-refractivity contribution in [2.24, 2.45) is 0 Å². The quantitative estimate of drug-likeness (QED) is 0.588. The molecular weight excluding hydrogens is 280 g/mol. The molecule has 0 aliphatic heterocycles. The van der Waals surface area contributed by atoms with E-state index >= 15 is 0 Å². The maximum atomic E-state index is 5.95. The third-order valence-electron chi connectivity index (χ3n) is 4.14. The second-order valence-corrected chi connectivity index (χ2v) is 5.90. The lowest BCUT2D eigenvalue weighted by molar-refractivity contribution is 0.107. The molecule has 0 heterocycles. The molecule has 3 aromatic carbocycles. The number of hydrogen-bond donors (Lipinski definition) is 0. The first-order valence-corrected chi connectivity index (χ1v) is 8.02. The smallest absolute Gasteiger partial charge is 0.0727 e. The van der Waals surface area contributed by atoms with Gasteiger partial charge in [-0.25, -0.2) is 0 Å². The van der Waals surface area contributed by atoms with Crippen LogP contribution in [0.2, 0.25) is 0 Å². The molecule has 0 unspecified atom stereocenters. The minimum Gasteiger partial charge on any atom is -0.372 e. The summed E-state index contributed by atoms with van der Waals surface area (Å²) in [6, 6.07) is 25.3. The van der Waals surface area contributed by atoms with Crippen LogP contribution < -0.4 is 0 Å². The minimum atomic E-state index is 0.624. The Morgan fingerprint density at radius 3 is 2.04 bits per heavy atom. The van der Waals surface area contributed by atoms with Gasteiger partial charge in [0.05, 0.1) is 13.2 Å². The highest BCUT2D eigenvalue weighted by Crippen LogP contribution is 2.30. The standard InChI is InChI=1S/C22H22O/c1-17-9-8-10-18(2)22(17)21-14-7-6-13-20(21)16-23-15-19-11-4-3-5-12-19/h3-14H,15-16H2,1-2H3. The van der Waals surface area contributed by atoms with Crippen molar-refractivity contribution in [2.45, 2.75) is 27.1 Å². The van der Waals surface area contributed by atoms with Gasteiger partial charge in [0.15, 0.2) is 0 Å². The fourth-order valence-electron chi connectivity index (χ4n) is 2.98. The van der Waals surface area contributed by atoms with Crippen LogP contribution >= 0.6 is 0 Å². The van der Waals surface area contributed by atoms with Crippen LogP contribution in [0.3, 0.4) is 0 Å². The van der Waals surface area contributed by atoms with Gasteiger partial charge < -0.3 is 4.74 Å². The predicted octanol–water partition coefficient (Wildman–Crippen LogP) is 5.69. The van der Waals surface area contributed by atoms with E-state index in [0.717, 1.165) is 0 Å². The Bertz CT molecular complexity index is 755. The second-order valence-electron chi connectivity index (χ2n) is 5.90. The Morgan fingerprint density at radius 1 is 0.652 bits per heavy atom. The number of rotatable bonds is 5. The Balaban J connectivity index is 1.81. The molecule has 0 aromatic heterocycles. The number of aryl methyl sites for hydroxylation is 2. The summed E-state index contributed by atoms with van der Waals surface area (Å²) in [5.74, 6) is 0. The molecule has 0 radical (unpaired) electrons. The lowest BCUT2D eigenvalue weighted by Gasteiger charge is -2.15. The van der Waals surface area contributed by atoms with Crippen molar-refractivity contribution >= 4 is 0 Å². The zero-order valence-electron chi connectivity index (χ0n) is 13.8. The van der Waals surface area contributed by atoms with Crippen molar-refractivity contribution in [3.63, 3.8) is 0 Å². The Labute approximate surface area is 138 Å². The molecule has 1 heteroatoms. The van der Waals surface area contributed by atoms with Crippen LogP contribution in [0, 0.1) is 13.8 Å². The average Bonchev–Trinajstić information content (AvgIpc) is 2.57. The largest absolute Gasteiger partial charge is 0.372 e. The molecule has 0 amide bonds. The molecular formula is C22H22O. The van der Waals surface area contributed by atoms with Gasteiger partial charge in [0.1, 0.15) is 0 Å². The zero-order chi connectivity index (χ0) is 16.1. The first-order chi connectivity index (χ1) is 11.3. The van der Waals surface area contributed by atoms with Crippen molar-refractivity contribution < 1.29 is 4.74 Å². The van der Waals surface area contributed by atoms with Crippen LogP contribution in [0.5, 0.6) is 0 Å². The van der Waals surface area contributed by atoms with E-state index in [-0.39, 0.29) is 0 Å². The summed E-state index contributed by atoms with van der Waals surface area (Å²) in [5, 5.41) is 0. The summed E-state index contributed by atoms with van der Waals surface area (Å²) in [6.07, 6.45) is 0. The van der Waals surface area contributed by atoms with Gasteiger partial charge >= 0.3 is 0 Å². The average molecular weight is 302 g/mol. The number of hydrogen-bond acceptors (Lipinski definition) is 1. The molecule has 0 fully saturated rings. The van der Waals surface area contributed by atoms with Crippen LogP contribution in [0.25, 0.3) is 11.1 Å². The highest BCUT2D eigenvalue weighted by atomic mass is 16.5. The van der Waals surface area contributed by atoms with E-state index in [1.54, 1.807) is 0 Å². The molecule has 0 bridgehead atoms. The van der Waals surface area contributed by atoms with Gasteiger partial charge in [0.2, 0.25) is 0 Å². The Morgan fingerprint density at radius 2 is 1.30 bits per heavy atom. The first kappa shape index (κ1) is 15.5. The summed E-state index contributed by atoms with van der Waals surface area (Å²) >= 11 is 0. The van der Waals surface area contributed by atoms with Crippen LogP contribution in [-0.2, 0) is 18.0 Å². The summed E-state index contributed by atoms with van der Waals surface area (Å²) in [5.41, 5.74) is 7.65. The van der Waals surface area contributed by atoms with Crippen molar-refractivity contribution in [3.8, 4) is 11.1 Å². The van der Waals surface area contributed by atoms with Gasteiger partial charge in [0, 0.05) is 0 Å². The van der Waals surface area contributed by atoms with Gasteiger partial charge in [-0.3, -0.25) is 0 Å². The van der Waals surface area contributed by atoms with Crippen molar-refractivity contribution in [1.29, 1.82) is 0 Å². The molecule has 0 saturated heterocycles. The Hall–Kier alpha value is -2.38. The second kappa shape index (κ2) is 7.26. The summed E-state index contributed by atoms with van der Waals surface area (Å²) in [4.78, 5) is 0. The molecule has 23 heavy (non-hydrogen) atoms. The lowest BCUT2D eigenvalue weighted by atomic mass is 9.92. The molecule has 0 aliphatic carbocycles. The van der Waals surface area contributed by atoms with E-state index in [4.69, 9.17) is 4.74 Å². The molecule has 3 aromatic rings. The minimum absolute atomic E-state index is 0.624. The van der Waals surface area contributed by atoms with Crippen LogP contribution in [0.4, 0.5) is 0 Å². The molecule has 0 aliphatic rings. The zero-order valence-corrected chi connectivity index (χ0v) is 13.8. The molecule has 116 valence electrons. The third kappa shape index (κ3) is 3.69. The number of ether oxygens (including phenoxy) is 1. The van der Waals surface area contributed by atoms with E-state index in [0.29, 0.717) is 13.2 Å². The molecule has 0 spiro atoms. The van der Waals surface area contributed by atoms with E-state index in [9.17, 15) is 0 Å². The molecule has 0 atom stereocenters. The Kier molecular flexibility index (Phi) is 4.89. The van der Waals surface area contributed by atoms with Gasteiger partial charge in [-0.2, -0.15) is 0 Å². The monoisotopic (exact) mass is 302 g/mol. The summed E-state index contributed by atoms with van der Waals surface area (Å²) in [7, 11) is 0. The van der Waals surface area contributed by atoms with E-state index in [2.05, 4.69) is 68.4 Å². The van der Waals surface area contributed by atoms with E-state index in [1.807, 2.05) is 18.2 Å². The fourth-order valence-corrected chi connectivity index (χ4v) is 2.98. The fraction of sp³-hybridized carbons (Fsp3) is 0.182. The molecule has 1 nitrogen and oxygen atoms in total. The van der Waals surface area contributed by atoms with Crippen molar-refractivity contribution in [2.75, 3.05) is 0 Å². The maximum Gasteiger partial charge on any atom is 0.0727 e. The van der Waals surface area contributed by atoms with Gasteiger partial charge in [-0.1, -0.05) is 72.8 Å². The number of benzene rings is 3. The first-order valence-electron chi connectivity index (χ1n) is 8.02. The van der Waals surface area contributed by atoms with Gasteiger partial charge in [-0.05, 0) is 47.2 Å². The molecule has 0 saturated carbocycles. The van der Waals surface area contributed by atoms with Crippen molar-refractivity contribution in [3.05, 3.63) is 95.1 Å². The van der Waals surface area contributed by atoms with Crippen LogP contribution in [0.15, 0.2) is 72.8 Å². The summed E-state index contributed by atoms with van der Waals surface area (Å²) < 4.78 is 5.95. The maximum absolute atomic E-state index is 5.95. The van der Waals surface area contributed by atoms with E-state index in [1.165, 1.54) is 33.4 Å². The van der Waals surface area contributed by atoms with E-state index < -0.39 is 0 Å². The summed E-state index contributed by atoms with van der Waals surface area (Å²) in [6.45, 7) is 5.61. The van der Waals surface area contributed by atoms with Gasteiger partial charge in [0.25, 0.3) is 0 Å². The topological polar surface area (TPSA) is 9.23 Å². The normalized spacial score (nSPS) is 10.7. The van der Waals surface area contributed by atoms with Crippen LogP contribution in [0.1, 0.15) is 22.3 Å². The van der Waals surface area contributed by atoms with Gasteiger partial charge in [-0.15, -0.1) is 0 Å². The van der Waals surface area contributed by atoms with Crippen molar-refractivity contribution in [1.82, 2.24) is 0 Å². The highest BCUT2D eigenvalue weighted by Gasteiger charge is 2.09. The highest BCUT2D eigenvalue weighted by molar-refractivity contribution is 5.73. The predicted molar refractivity (Wildman–Crippen MR) is 96.3 cm³/mol. The molecule has 0 N–H and O–H groups in total. The third-order valence-corrected chi connectivity index (χ3v) is 4.14. The SMILES string of the molecule is Cc1cccc(C)c1-c1ccccc1COCc1ccccc1. The van der Waals surface area contributed by atoms with Crippen LogP contribution in [-0.4, -0.2) is 0 Å². The lowest BCUT2D eigenvalue weighted by Crippen LogP contribution is -1.98. The molecule has 3 rings (SSSR count).